The molecule has 0 saturated heterocycles. The van der Waals surface area contributed by atoms with Crippen LogP contribution in [0.25, 0.3) is 5.69 Å². The smallest absolute Gasteiger partial charge is 0.221 e. The summed E-state index contributed by atoms with van der Waals surface area (Å²) in [5, 5.41) is 6.30. The summed E-state index contributed by atoms with van der Waals surface area (Å²) in [4.78, 5) is 11.2. The van der Waals surface area contributed by atoms with Crippen molar-refractivity contribution in [2.45, 2.75) is 33.9 Å². The lowest BCUT2D eigenvalue weighted by Gasteiger charge is -2.14. The minimum Gasteiger partial charge on any atom is -0.493 e. The van der Waals surface area contributed by atoms with Gasteiger partial charge in [-0.25, -0.2) is 0 Å². The highest BCUT2D eigenvalue weighted by Crippen LogP contribution is 2.28. The minimum atomic E-state index is -0.0742. The van der Waals surface area contributed by atoms with Crippen molar-refractivity contribution in [1.29, 1.82) is 0 Å². The van der Waals surface area contributed by atoms with Crippen molar-refractivity contribution in [3.63, 3.8) is 0 Å². The van der Waals surface area contributed by atoms with Gasteiger partial charge < -0.3 is 24.7 Å². The van der Waals surface area contributed by atoms with Crippen molar-refractivity contribution < 1.29 is 14.3 Å². The molecular weight excluding hydrogens is 390 g/mol. The van der Waals surface area contributed by atoms with E-state index in [1.54, 1.807) is 7.11 Å². The maximum Gasteiger partial charge on any atom is 0.221 e. The van der Waals surface area contributed by atoms with Gasteiger partial charge >= 0.3 is 0 Å². The zero-order valence-electron chi connectivity index (χ0n) is 18.6. The highest BCUT2D eigenvalue weighted by Gasteiger charge is 2.08. The van der Waals surface area contributed by atoms with Crippen molar-refractivity contribution in [2.75, 3.05) is 19.0 Å². The van der Waals surface area contributed by atoms with Gasteiger partial charge in [-0.3, -0.25) is 4.79 Å². The predicted octanol–water partition coefficient (Wildman–Crippen LogP) is 4.77. The summed E-state index contributed by atoms with van der Waals surface area (Å²) in [6.07, 6.45) is 2.04. The van der Waals surface area contributed by atoms with Gasteiger partial charge in [-0.15, -0.1) is 0 Å². The third-order valence-electron chi connectivity index (χ3n) is 4.73. The van der Waals surface area contributed by atoms with Crippen LogP contribution in [0.3, 0.4) is 0 Å². The molecule has 0 spiro atoms. The van der Waals surface area contributed by atoms with Gasteiger partial charge in [0, 0.05) is 43.3 Å². The number of carbonyl (C=O) groups is 1. The van der Waals surface area contributed by atoms with Crippen molar-refractivity contribution in [3.8, 4) is 17.2 Å². The molecule has 0 atom stereocenters. The highest BCUT2D eigenvalue weighted by molar-refractivity contribution is 5.88. The number of ether oxygens (including phenoxy) is 2. The molecule has 2 N–H and O–H groups in total. The summed E-state index contributed by atoms with van der Waals surface area (Å²) in [7, 11) is 1.66. The minimum absolute atomic E-state index is 0.0742. The Labute approximate surface area is 184 Å². The Hall–Kier alpha value is -3.25. The lowest BCUT2D eigenvalue weighted by Crippen LogP contribution is -2.15. The molecule has 1 aromatic heterocycles. The largest absolute Gasteiger partial charge is 0.493 e. The summed E-state index contributed by atoms with van der Waals surface area (Å²) in [6, 6.07) is 18.0. The van der Waals surface area contributed by atoms with Gasteiger partial charge in [-0.05, 0) is 60.0 Å². The van der Waals surface area contributed by atoms with Crippen LogP contribution in [0.15, 0.2) is 60.8 Å². The number of hydrogen-bond acceptors (Lipinski definition) is 4. The Morgan fingerprint density at radius 3 is 2.48 bits per heavy atom. The first-order valence-electron chi connectivity index (χ1n) is 10.5. The van der Waals surface area contributed by atoms with Crippen LogP contribution in [0.1, 0.15) is 32.0 Å². The topological polar surface area (TPSA) is 64.5 Å². The lowest BCUT2D eigenvalue weighted by atomic mass is 10.2. The van der Waals surface area contributed by atoms with Gasteiger partial charge in [0.15, 0.2) is 11.5 Å². The van der Waals surface area contributed by atoms with E-state index in [2.05, 4.69) is 35.1 Å². The monoisotopic (exact) mass is 421 g/mol. The van der Waals surface area contributed by atoms with Crippen LogP contribution in [0.5, 0.6) is 11.5 Å². The standard InChI is InChI=1S/C25H31N3O3/c1-18(2)17-31-25-14-20(7-12-24(25)30-4)15-26-16-23-6-5-13-28(23)22-10-8-21(9-11-22)27-19(3)29/h5-14,18,26H,15-17H2,1-4H3,(H,27,29). The van der Waals surface area contributed by atoms with Crippen molar-refractivity contribution in [2.24, 2.45) is 5.92 Å². The molecule has 0 aliphatic heterocycles. The number of aromatic nitrogens is 1. The van der Waals surface area contributed by atoms with Crippen molar-refractivity contribution >= 4 is 11.6 Å². The lowest BCUT2D eigenvalue weighted by molar-refractivity contribution is -0.114. The number of amides is 1. The second kappa shape index (κ2) is 10.7. The molecule has 1 amide bonds. The normalized spacial score (nSPS) is 10.9. The molecule has 0 unspecified atom stereocenters. The molecule has 3 rings (SSSR count). The van der Waals surface area contributed by atoms with E-state index in [1.807, 2.05) is 54.7 Å². The van der Waals surface area contributed by atoms with Crippen LogP contribution in [0.2, 0.25) is 0 Å². The number of rotatable bonds is 10. The molecule has 2 aromatic carbocycles. The number of carbonyl (C=O) groups excluding carboxylic acids is 1. The summed E-state index contributed by atoms with van der Waals surface area (Å²) < 4.78 is 13.5. The SMILES string of the molecule is COc1ccc(CNCc2cccn2-c2ccc(NC(C)=O)cc2)cc1OCC(C)C. The van der Waals surface area contributed by atoms with E-state index in [9.17, 15) is 4.79 Å². The average Bonchev–Trinajstić information content (AvgIpc) is 3.21. The van der Waals surface area contributed by atoms with Crippen molar-refractivity contribution in [3.05, 3.63) is 72.1 Å². The van der Waals surface area contributed by atoms with Crippen LogP contribution >= 0.6 is 0 Å². The third kappa shape index (κ3) is 6.36. The first-order chi connectivity index (χ1) is 15.0. The average molecular weight is 422 g/mol. The van der Waals surface area contributed by atoms with E-state index in [1.165, 1.54) is 6.92 Å². The molecule has 3 aromatic rings. The molecular formula is C25H31N3O3. The third-order valence-corrected chi connectivity index (χ3v) is 4.73. The Morgan fingerprint density at radius 2 is 1.81 bits per heavy atom. The zero-order chi connectivity index (χ0) is 22.2. The fourth-order valence-corrected chi connectivity index (χ4v) is 3.26. The molecule has 0 aliphatic carbocycles. The summed E-state index contributed by atoms with van der Waals surface area (Å²) >= 11 is 0. The number of nitrogens with one attached hydrogen (secondary N) is 2. The van der Waals surface area contributed by atoms with E-state index in [0.717, 1.165) is 34.1 Å². The van der Waals surface area contributed by atoms with Gasteiger partial charge in [0.25, 0.3) is 0 Å². The first-order valence-corrected chi connectivity index (χ1v) is 10.5. The molecule has 164 valence electrons. The number of benzene rings is 2. The molecule has 0 saturated carbocycles. The maximum atomic E-state index is 11.2. The van der Waals surface area contributed by atoms with E-state index in [4.69, 9.17) is 9.47 Å². The Morgan fingerprint density at radius 1 is 1.03 bits per heavy atom. The molecule has 0 fully saturated rings. The molecule has 0 aliphatic rings. The van der Waals surface area contributed by atoms with Crippen LogP contribution in [0, 0.1) is 5.92 Å². The van der Waals surface area contributed by atoms with Gasteiger partial charge in [0.05, 0.1) is 13.7 Å². The molecule has 0 bridgehead atoms. The number of anilines is 1. The number of hydrogen-bond donors (Lipinski definition) is 2. The van der Waals surface area contributed by atoms with E-state index in [-0.39, 0.29) is 5.91 Å². The first kappa shape index (κ1) is 22.4. The van der Waals surface area contributed by atoms with E-state index >= 15 is 0 Å². The molecule has 31 heavy (non-hydrogen) atoms. The fourth-order valence-electron chi connectivity index (χ4n) is 3.26. The summed E-state index contributed by atoms with van der Waals surface area (Å²) in [5.74, 6) is 1.90. The molecule has 6 nitrogen and oxygen atoms in total. The van der Waals surface area contributed by atoms with Crippen LogP contribution in [-0.2, 0) is 17.9 Å². The number of methoxy groups -OCH3 is 1. The molecule has 6 heteroatoms. The van der Waals surface area contributed by atoms with Crippen LogP contribution in [-0.4, -0.2) is 24.2 Å². The van der Waals surface area contributed by atoms with Crippen LogP contribution in [0.4, 0.5) is 5.69 Å². The van der Waals surface area contributed by atoms with E-state index < -0.39 is 0 Å². The van der Waals surface area contributed by atoms with Gasteiger partial charge in [0.1, 0.15) is 0 Å². The molecule has 1 heterocycles. The van der Waals surface area contributed by atoms with Crippen LogP contribution < -0.4 is 20.1 Å². The second-order valence-corrected chi connectivity index (χ2v) is 7.89. The quantitative estimate of drug-likeness (QED) is 0.495. The van der Waals surface area contributed by atoms with Gasteiger partial charge in [-0.1, -0.05) is 19.9 Å². The van der Waals surface area contributed by atoms with Crippen molar-refractivity contribution in [1.82, 2.24) is 9.88 Å². The Kier molecular flexibility index (Phi) is 7.73. The Bertz CT molecular complexity index is 994. The molecule has 0 radical (unpaired) electrons. The summed E-state index contributed by atoms with van der Waals surface area (Å²) in [6.45, 7) is 7.84. The number of nitrogens with zero attached hydrogens (tertiary/aromatic N) is 1. The second-order valence-electron chi connectivity index (χ2n) is 7.89. The van der Waals surface area contributed by atoms with E-state index in [0.29, 0.717) is 25.6 Å². The van der Waals surface area contributed by atoms with Gasteiger partial charge in [-0.2, -0.15) is 0 Å². The maximum absolute atomic E-state index is 11.2. The predicted molar refractivity (Wildman–Crippen MR) is 124 cm³/mol. The highest BCUT2D eigenvalue weighted by atomic mass is 16.5. The summed E-state index contributed by atoms with van der Waals surface area (Å²) in [5.41, 5.74) is 4.12. The Balaban J connectivity index is 1.62. The fraction of sp³-hybridized carbons (Fsp3) is 0.320. The zero-order valence-corrected chi connectivity index (χ0v) is 18.6. The van der Waals surface area contributed by atoms with Gasteiger partial charge in [0.2, 0.25) is 5.91 Å².